The lowest BCUT2D eigenvalue weighted by Gasteiger charge is -2.27. The molecule has 5 heteroatoms. The molecule has 0 radical (unpaired) electrons. The molecule has 0 atom stereocenters. The SMILES string of the molecule is COCCN(CC(C)C)c1nc(C(C)C)nc(N)c1C. The number of ether oxygens (including phenoxy) is 1. The smallest absolute Gasteiger partial charge is 0.137 e. The average Bonchev–Trinajstić information content (AvgIpc) is 2.37. The minimum atomic E-state index is 0.264. The topological polar surface area (TPSA) is 64.3 Å². The number of nitrogen functional groups attached to an aromatic ring is 1. The van der Waals surface area contributed by atoms with Crippen molar-refractivity contribution in [3.63, 3.8) is 0 Å². The number of hydrogen-bond donors (Lipinski definition) is 1. The summed E-state index contributed by atoms with van der Waals surface area (Å²) in [7, 11) is 1.72. The molecule has 0 aliphatic rings. The number of aromatic nitrogens is 2. The van der Waals surface area contributed by atoms with Crippen molar-refractivity contribution in [1.82, 2.24) is 9.97 Å². The van der Waals surface area contributed by atoms with Crippen molar-refractivity contribution in [3.8, 4) is 0 Å². The van der Waals surface area contributed by atoms with E-state index in [0.717, 1.165) is 30.3 Å². The van der Waals surface area contributed by atoms with Gasteiger partial charge in [-0.2, -0.15) is 0 Å². The summed E-state index contributed by atoms with van der Waals surface area (Å²) in [4.78, 5) is 11.3. The molecule has 1 heterocycles. The van der Waals surface area contributed by atoms with Crippen LogP contribution in [0.1, 0.15) is 45.0 Å². The molecule has 0 spiro atoms. The summed E-state index contributed by atoms with van der Waals surface area (Å²) >= 11 is 0. The van der Waals surface area contributed by atoms with Gasteiger partial charge in [-0.3, -0.25) is 0 Å². The van der Waals surface area contributed by atoms with Crippen LogP contribution in [0.2, 0.25) is 0 Å². The molecule has 0 aromatic carbocycles. The molecule has 0 saturated carbocycles. The van der Waals surface area contributed by atoms with Gasteiger partial charge in [0.05, 0.1) is 6.61 Å². The van der Waals surface area contributed by atoms with Crippen molar-refractivity contribution in [1.29, 1.82) is 0 Å². The molecule has 0 aliphatic carbocycles. The zero-order valence-electron chi connectivity index (χ0n) is 13.6. The lowest BCUT2D eigenvalue weighted by Crippen LogP contribution is -2.33. The molecule has 0 saturated heterocycles. The monoisotopic (exact) mass is 280 g/mol. The van der Waals surface area contributed by atoms with Gasteiger partial charge in [0.2, 0.25) is 0 Å². The number of rotatable bonds is 7. The first-order valence-electron chi connectivity index (χ1n) is 7.24. The Morgan fingerprint density at radius 3 is 2.35 bits per heavy atom. The van der Waals surface area contributed by atoms with Gasteiger partial charge in [0.1, 0.15) is 17.5 Å². The summed E-state index contributed by atoms with van der Waals surface area (Å²) in [5.74, 6) is 3.12. The third-order valence-electron chi connectivity index (χ3n) is 3.14. The maximum Gasteiger partial charge on any atom is 0.137 e. The molecular formula is C15H28N4O. The third-order valence-corrected chi connectivity index (χ3v) is 3.14. The van der Waals surface area contributed by atoms with Crippen LogP contribution in [0.4, 0.5) is 11.6 Å². The molecule has 0 unspecified atom stereocenters. The van der Waals surface area contributed by atoms with E-state index in [0.29, 0.717) is 18.3 Å². The Bertz CT molecular complexity index is 432. The highest BCUT2D eigenvalue weighted by Gasteiger charge is 2.17. The van der Waals surface area contributed by atoms with E-state index >= 15 is 0 Å². The fraction of sp³-hybridized carbons (Fsp3) is 0.733. The Morgan fingerprint density at radius 1 is 1.20 bits per heavy atom. The Balaban J connectivity index is 3.15. The number of methoxy groups -OCH3 is 1. The van der Waals surface area contributed by atoms with Crippen LogP contribution in [0.25, 0.3) is 0 Å². The highest BCUT2D eigenvalue weighted by Crippen LogP contribution is 2.24. The maximum atomic E-state index is 6.05. The van der Waals surface area contributed by atoms with Crippen molar-refractivity contribution in [2.24, 2.45) is 5.92 Å². The van der Waals surface area contributed by atoms with Crippen LogP contribution < -0.4 is 10.6 Å². The Labute approximate surface area is 122 Å². The summed E-state index contributed by atoms with van der Waals surface area (Å²) < 4.78 is 5.21. The fourth-order valence-corrected chi connectivity index (χ4v) is 2.03. The van der Waals surface area contributed by atoms with Gasteiger partial charge in [0.25, 0.3) is 0 Å². The van der Waals surface area contributed by atoms with Crippen LogP contribution in [-0.2, 0) is 4.74 Å². The molecule has 5 nitrogen and oxygen atoms in total. The van der Waals surface area contributed by atoms with E-state index in [1.54, 1.807) is 7.11 Å². The van der Waals surface area contributed by atoms with Gasteiger partial charge in [-0.25, -0.2) is 9.97 Å². The quantitative estimate of drug-likeness (QED) is 0.831. The molecule has 1 aromatic heterocycles. The molecule has 114 valence electrons. The second-order valence-electron chi connectivity index (χ2n) is 5.90. The van der Waals surface area contributed by atoms with E-state index in [-0.39, 0.29) is 5.92 Å². The predicted octanol–water partition coefficient (Wildman–Crippen LogP) is 2.60. The van der Waals surface area contributed by atoms with Crippen LogP contribution in [-0.4, -0.2) is 36.8 Å². The van der Waals surface area contributed by atoms with E-state index in [4.69, 9.17) is 15.5 Å². The summed E-state index contributed by atoms with van der Waals surface area (Å²) in [5, 5.41) is 0. The van der Waals surface area contributed by atoms with Crippen molar-refractivity contribution in [2.45, 2.75) is 40.5 Å². The molecule has 0 amide bonds. The summed E-state index contributed by atoms with van der Waals surface area (Å²) in [6, 6.07) is 0. The maximum absolute atomic E-state index is 6.05. The lowest BCUT2D eigenvalue weighted by atomic mass is 10.1. The first-order chi connectivity index (χ1) is 9.36. The second-order valence-corrected chi connectivity index (χ2v) is 5.90. The van der Waals surface area contributed by atoms with Crippen molar-refractivity contribution in [3.05, 3.63) is 11.4 Å². The standard InChI is InChI=1S/C15H28N4O/c1-10(2)9-19(7-8-20-6)15-12(5)13(16)17-14(18-15)11(3)4/h10-11H,7-9H2,1-6H3,(H2,16,17,18). The van der Waals surface area contributed by atoms with E-state index in [1.807, 2.05) is 6.92 Å². The minimum Gasteiger partial charge on any atom is -0.383 e. The third kappa shape index (κ3) is 4.34. The van der Waals surface area contributed by atoms with Gasteiger partial charge in [0, 0.05) is 31.7 Å². The van der Waals surface area contributed by atoms with Gasteiger partial charge >= 0.3 is 0 Å². The molecule has 0 fully saturated rings. The Kier molecular flexibility index (Phi) is 6.20. The molecule has 1 rings (SSSR count). The first kappa shape index (κ1) is 16.7. The van der Waals surface area contributed by atoms with Gasteiger partial charge in [-0.15, -0.1) is 0 Å². The average molecular weight is 280 g/mol. The van der Waals surface area contributed by atoms with Crippen LogP contribution >= 0.6 is 0 Å². The van der Waals surface area contributed by atoms with Crippen LogP contribution in [0.15, 0.2) is 0 Å². The fourth-order valence-electron chi connectivity index (χ4n) is 2.03. The first-order valence-corrected chi connectivity index (χ1v) is 7.24. The Hall–Kier alpha value is -1.36. The van der Waals surface area contributed by atoms with Crippen LogP contribution in [0, 0.1) is 12.8 Å². The molecule has 1 aromatic rings. The van der Waals surface area contributed by atoms with Crippen LogP contribution in [0.3, 0.4) is 0 Å². The van der Waals surface area contributed by atoms with E-state index in [1.165, 1.54) is 0 Å². The largest absolute Gasteiger partial charge is 0.383 e. The predicted molar refractivity (Wildman–Crippen MR) is 84.2 cm³/mol. The van der Waals surface area contributed by atoms with Gasteiger partial charge in [-0.05, 0) is 12.8 Å². The lowest BCUT2D eigenvalue weighted by molar-refractivity contribution is 0.204. The van der Waals surface area contributed by atoms with Crippen molar-refractivity contribution < 1.29 is 4.74 Å². The van der Waals surface area contributed by atoms with Crippen molar-refractivity contribution >= 4 is 11.6 Å². The molecule has 0 bridgehead atoms. The van der Waals surface area contributed by atoms with E-state index in [2.05, 4.69) is 37.6 Å². The highest BCUT2D eigenvalue weighted by atomic mass is 16.5. The Morgan fingerprint density at radius 2 is 1.85 bits per heavy atom. The summed E-state index contributed by atoms with van der Waals surface area (Å²) in [5.41, 5.74) is 7.00. The van der Waals surface area contributed by atoms with Crippen LogP contribution in [0.5, 0.6) is 0 Å². The molecule has 20 heavy (non-hydrogen) atoms. The van der Waals surface area contributed by atoms with Gasteiger partial charge in [0.15, 0.2) is 0 Å². The molecular weight excluding hydrogens is 252 g/mol. The van der Waals surface area contributed by atoms with Gasteiger partial charge < -0.3 is 15.4 Å². The van der Waals surface area contributed by atoms with E-state index in [9.17, 15) is 0 Å². The van der Waals surface area contributed by atoms with Gasteiger partial charge in [-0.1, -0.05) is 27.7 Å². The second kappa shape index (κ2) is 7.43. The summed E-state index contributed by atoms with van der Waals surface area (Å²) in [6.07, 6.45) is 0. The number of nitrogens with zero attached hydrogens (tertiary/aromatic N) is 3. The molecule has 2 N–H and O–H groups in total. The summed E-state index contributed by atoms with van der Waals surface area (Å²) in [6.45, 7) is 12.9. The molecule has 0 aliphatic heterocycles. The number of nitrogens with two attached hydrogens (primary N) is 1. The number of anilines is 2. The number of hydrogen-bond acceptors (Lipinski definition) is 5. The zero-order chi connectivity index (χ0) is 15.3. The minimum absolute atomic E-state index is 0.264. The normalized spacial score (nSPS) is 11.4. The highest BCUT2D eigenvalue weighted by molar-refractivity contribution is 5.56. The van der Waals surface area contributed by atoms with E-state index < -0.39 is 0 Å². The van der Waals surface area contributed by atoms with Crippen molar-refractivity contribution in [2.75, 3.05) is 37.4 Å². The zero-order valence-corrected chi connectivity index (χ0v) is 13.6.